The van der Waals surface area contributed by atoms with Crippen LogP contribution in [0, 0.1) is 0 Å². The Morgan fingerprint density at radius 1 is 1.33 bits per heavy atom. The zero-order valence-electron chi connectivity index (χ0n) is 13.4. The van der Waals surface area contributed by atoms with Crippen molar-refractivity contribution in [2.45, 2.75) is 39.3 Å². The summed E-state index contributed by atoms with van der Waals surface area (Å²) in [5, 5.41) is 11.8. The summed E-state index contributed by atoms with van der Waals surface area (Å²) in [6.45, 7) is 11.0. The van der Waals surface area contributed by atoms with E-state index in [0.29, 0.717) is 13.2 Å². The van der Waals surface area contributed by atoms with E-state index in [9.17, 15) is 9.59 Å². The Balaban J connectivity index is 2.53. The molecular formula is C14H27N3O4. The first kappa shape index (κ1) is 17.7. The van der Waals surface area contributed by atoms with E-state index >= 15 is 0 Å². The predicted molar refractivity (Wildman–Crippen MR) is 79.3 cm³/mol. The fourth-order valence-corrected chi connectivity index (χ4v) is 2.25. The van der Waals surface area contributed by atoms with Gasteiger partial charge in [0.05, 0.1) is 13.2 Å². The summed E-state index contributed by atoms with van der Waals surface area (Å²) in [4.78, 5) is 26.8. The van der Waals surface area contributed by atoms with Gasteiger partial charge in [-0.3, -0.25) is 9.69 Å². The van der Waals surface area contributed by atoms with Crippen LogP contribution in [0.4, 0.5) is 4.79 Å². The topological polar surface area (TPSA) is 82.1 Å². The third kappa shape index (κ3) is 6.31. The molecule has 0 aromatic rings. The number of rotatable bonds is 5. The van der Waals surface area contributed by atoms with Gasteiger partial charge in [0.15, 0.2) is 0 Å². The zero-order chi connectivity index (χ0) is 16.0. The van der Waals surface area contributed by atoms with Gasteiger partial charge >= 0.3 is 12.0 Å². The monoisotopic (exact) mass is 301 g/mol. The van der Waals surface area contributed by atoms with Crippen LogP contribution in [-0.2, 0) is 9.53 Å². The van der Waals surface area contributed by atoms with Crippen molar-refractivity contribution in [1.29, 1.82) is 0 Å². The van der Waals surface area contributed by atoms with Gasteiger partial charge in [0.25, 0.3) is 0 Å². The molecule has 2 N–H and O–H groups in total. The van der Waals surface area contributed by atoms with Crippen LogP contribution in [0.25, 0.3) is 0 Å². The van der Waals surface area contributed by atoms with Crippen LogP contribution in [0.3, 0.4) is 0 Å². The minimum absolute atomic E-state index is 0.0470. The molecule has 1 atom stereocenters. The number of carbonyl (C=O) groups is 2. The fraction of sp³-hybridized carbons (Fsp3) is 0.857. The Kier molecular flexibility index (Phi) is 6.42. The van der Waals surface area contributed by atoms with E-state index < -0.39 is 11.5 Å². The van der Waals surface area contributed by atoms with Crippen LogP contribution in [0.2, 0.25) is 0 Å². The predicted octanol–water partition coefficient (Wildman–Crippen LogP) is 0.602. The van der Waals surface area contributed by atoms with Gasteiger partial charge in [-0.15, -0.1) is 0 Å². The van der Waals surface area contributed by atoms with Crippen LogP contribution in [0.1, 0.15) is 27.7 Å². The van der Waals surface area contributed by atoms with E-state index in [4.69, 9.17) is 9.84 Å². The fourth-order valence-electron chi connectivity index (χ4n) is 2.25. The van der Waals surface area contributed by atoms with Crippen molar-refractivity contribution in [2.24, 2.45) is 0 Å². The molecule has 2 amide bonds. The summed E-state index contributed by atoms with van der Waals surface area (Å²) in [5.74, 6) is -1.01. The van der Waals surface area contributed by atoms with Crippen molar-refractivity contribution >= 4 is 12.0 Å². The van der Waals surface area contributed by atoms with Crippen LogP contribution >= 0.6 is 0 Å². The van der Waals surface area contributed by atoms with E-state index in [0.717, 1.165) is 19.6 Å². The highest BCUT2D eigenvalue weighted by Crippen LogP contribution is 2.13. The molecule has 1 aliphatic rings. The highest BCUT2D eigenvalue weighted by atomic mass is 16.5. The summed E-state index contributed by atoms with van der Waals surface area (Å²) >= 11 is 0. The molecule has 1 saturated heterocycles. The number of carboxylic acids is 1. The second-order valence-electron chi connectivity index (χ2n) is 6.41. The smallest absolute Gasteiger partial charge is 0.323 e. The number of carbonyl (C=O) groups excluding carboxylic acids is 1. The lowest BCUT2D eigenvalue weighted by Gasteiger charge is -2.36. The number of hydrogen-bond donors (Lipinski definition) is 2. The molecule has 122 valence electrons. The molecule has 0 radical (unpaired) electrons. The molecular weight excluding hydrogens is 274 g/mol. The normalized spacial score (nSPS) is 18.1. The number of hydrogen-bond acceptors (Lipinski definition) is 4. The third-order valence-electron chi connectivity index (χ3n) is 3.35. The first-order valence-electron chi connectivity index (χ1n) is 7.30. The Labute approximate surface area is 126 Å². The second kappa shape index (κ2) is 7.61. The Morgan fingerprint density at radius 3 is 2.38 bits per heavy atom. The SMILES string of the molecule is CC(CN1CCOCC1)NC(=O)N(CC(=O)O)C(C)(C)C. The molecule has 0 spiro atoms. The number of morpholine rings is 1. The molecule has 1 aliphatic heterocycles. The molecule has 21 heavy (non-hydrogen) atoms. The van der Waals surface area contributed by atoms with Crippen LogP contribution in [0.5, 0.6) is 0 Å². The highest BCUT2D eigenvalue weighted by Gasteiger charge is 2.29. The van der Waals surface area contributed by atoms with Crippen molar-refractivity contribution in [3.8, 4) is 0 Å². The van der Waals surface area contributed by atoms with Crippen LogP contribution in [-0.4, -0.2) is 77.9 Å². The first-order valence-corrected chi connectivity index (χ1v) is 7.30. The number of carboxylic acid groups (broad SMARTS) is 1. The summed E-state index contributed by atoms with van der Waals surface area (Å²) in [6, 6.07) is -0.389. The summed E-state index contributed by atoms with van der Waals surface area (Å²) < 4.78 is 5.29. The van der Waals surface area contributed by atoms with Gasteiger partial charge in [-0.05, 0) is 27.7 Å². The van der Waals surface area contributed by atoms with E-state index in [1.807, 2.05) is 27.7 Å². The van der Waals surface area contributed by atoms with Gasteiger partial charge in [0, 0.05) is 31.2 Å². The minimum Gasteiger partial charge on any atom is -0.480 e. The molecule has 0 aliphatic carbocycles. The maximum atomic E-state index is 12.3. The van der Waals surface area contributed by atoms with Crippen molar-refractivity contribution in [1.82, 2.24) is 15.1 Å². The van der Waals surface area contributed by atoms with Crippen LogP contribution in [0.15, 0.2) is 0 Å². The Bertz CT molecular complexity index is 362. The highest BCUT2D eigenvalue weighted by molar-refractivity contribution is 5.80. The molecule has 0 aromatic heterocycles. The molecule has 7 heteroatoms. The van der Waals surface area contributed by atoms with E-state index in [-0.39, 0.29) is 18.6 Å². The summed E-state index contributed by atoms with van der Waals surface area (Å²) in [6.07, 6.45) is 0. The molecule has 0 saturated carbocycles. The van der Waals surface area contributed by atoms with Crippen molar-refractivity contribution < 1.29 is 19.4 Å². The third-order valence-corrected chi connectivity index (χ3v) is 3.35. The summed E-state index contributed by atoms with van der Waals surface area (Å²) in [7, 11) is 0. The van der Waals surface area contributed by atoms with Gasteiger partial charge < -0.3 is 20.1 Å². The standard InChI is InChI=1S/C14H27N3O4/c1-11(9-16-5-7-21-8-6-16)15-13(20)17(10-12(18)19)14(2,3)4/h11H,5-10H2,1-4H3,(H,15,20)(H,18,19). The minimum atomic E-state index is -1.01. The summed E-state index contributed by atoms with van der Waals surface area (Å²) in [5.41, 5.74) is -0.541. The van der Waals surface area contributed by atoms with Gasteiger partial charge in [0.1, 0.15) is 6.54 Å². The number of nitrogens with zero attached hydrogens (tertiary/aromatic N) is 2. The van der Waals surface area contributed by atoms with Crippen molar-refractivity contribution in [3.05, 3.63) is 0 Å². The zero-order valence-corrected chi connectivity index (χ0v) is 13.4. The molecule has 1 heterocycles. The molecule has 0 aromatic carbocycles. The van der Waals surface area contributed by atoms with Gasteiger partial charge in [-0.1, -0.05) is 0 Å². The average Bonchev–Trinajstić information content (AvgIpc) is 2.35. The quantitative estimate of drug-likeness (QED) is 0.777. The van der Waals surface area contributed by atoms with Crippen LogP contribution < -0.4 is 5.32 Å². The lowest BCUT2D eigenvalue weighted by atomic mass is 10.1. The molecule has 0 bridgehead atoms. The van der Waals surface area contributed by atoms with E-state index in [2.05, 4.69) is 10.2 Å². The van der Waals surface area contributed by atoms with Crippen molar-refractivity contribution in [3.63, 3.8) is 0 Å². The lowest BCUT2D eigenvalue weighted by molar-refractivity contribution is -0.138. The van der Waals surface area contributed by atoms with E-state index in [1.54, 1.807) is 0 Å². The second-order valence-corrected chi connectivity index (χ2v) is 6.41. The molecule has 1 unspecified atom stereocenters. The number of urea groups is 1. The van der Waals surface area contributed by atoms with Gasteiger partial charge in [-0.2, -0.15) is 0 Å². The number of nitrogens with one attached hydrogen (secondary N) is 1. The first-order chi connectivity index (χ1) is 9.70. The number of amides is 2. The number of ether oxygens (including phenoxy) is 1. The number of aliphatic carboxylic acids is 1. The lowest BCUT2D eigenvalue weighted by Crippen LogP contribution is -2.55. The molecule has 1 rings (SSSR count). The van der Waals surface area contributed by atoms with Crippen molar-refractivity contribution in [2.75, 3.05) is 39.4 Å². The van der Waals surface area contributed by atoms with Gasteiger partial charge in [0.2, 0.25) is 0 Å². The average molecular weight is 301 g/mol. The van der Waals surface area contributed by atoms with Gasteiger partial charge in [-0.25, -0.2) is 4.79 Å². The molecule has 7 nitrogen and oxygen atoms in total. The maximum Gasteiger partial charge on any atom is 0.323 e. The molecule has 1 fully saturated rings. The Morgan fingerprint density at radius 2 is 1.90 bits per heavy atom. The van der Waals surface area contributed by atoms with E-state index in [1.165, 1.54) is 4.90 Å². The largest absolute Gasteiger partial charge is 0.480 e. The maximum absolute atomic E-state index is 12.3. The Hall–Kier alpha value is -1.34.